The largest absolute Gasteiger partial charge is 0.394 e. The lowest BCUT2D eigenvalue weighted by Gasteiger charge is -2.36. The van der Waals surface area contributed by atoms with E-state index in [-0.39, 0.29) is 6.61 Å². The summed E-state index contributed by atoms with van der Waals surface area (Å²) in [6.45, 7) is 5.99. The molecule has 7 heteroatoms. The van der Waals surface area contributed by atoms with Gasteiger partial charge in [-0.3, -0.25) is 0 Å². The average molecular weight is 266 g/mol. The monoisotopic (exact) mass is 266 g/mol. The van der Waals surface area contributed by atoms with Crippen LogP contribution in [0.1, 0.15) is 33.6 Å². The number of hydrogen-bond acceptors (Lipinski definition) is 4. The van der Waals surface area contributed by atoms with Gasteiger partial charge in [0.05, 0.1) is 12.1 Å². The molecule has 102 valence electrons. The van der Waals surface area contributed by atoms with Gasteiger partial charge in [0.25, 0.3) is 10.2 Å². The summed E-state index contributed by atoms with van der Waals surface area (Å²) in [7, 11) is -3.62. The van der Waals surface area contributed by atoms with Gasteiger partial charge in [-0.05, 0) is 33.6 Å². The molecule has 3 N–H and O–H groups in total. The lowest BCUT2D eigenvalue weighted by atomic mass is 9.93. The highest BCUT2D eigenvalue weighted by Crippen LogP contribution is 2.21. The van der Waals surface area contributed by atoms with Gasteiger partial charge in [-0.1, -0.05) is 0 Å². The Hall–Kier alpha value is -0.210. The highest BCUT2D eigenvalue weighted by Gasteiger charge is 2.36. The van der Waals surface area contributed by atoms with Crippen LogP contribution in [-0.4, -0.2) is 44.4 Å². The molecule has 1 saturated heterocycles. The summed E-state index contributed by atoms with van der Waals surface area (Å²) in [6.07, 6.45) is 0.961. The number of rotatable bonds is 4. The molecule has 1 aliphatic rings. The van der Waals surface area contributed by atoms with Crippen molar-refractivity contribution in [3.63, 3.8) is 0 Å². The molecule has 0 atom stereocenters. The number of aliphatic hydroxyl groups is 1. The van der Waals surface area contributed by atoms with Gasteiger partial charge in [0.2, 0.25) is 0 Å². The van der Waals surface area contributed by atoms with Crippen LogP contribution in [0.5, 0.6) is 0 Å². The molecule has 6 nitrogen and oxygen atoms in total. The minimum atomic E-state index is -3.62. The first-order valence-corrected chi connectivity index (χ1v) is 7.18. The van der Waals surface area contributed by atoms with Gasteiger partial charge in [0.15, 0.2) is 0 Å². The maximum absolute atomic E-state index is 11.9. The Kier molecular flexibility index (Phi) is 4.54. The second kappa shape index (κ2) is 5.19. The standard InChI is InChI=1S/C10H22N2O4S/c1-9(2,3)11-17(14,15)12-10(8-13)4-6-16-7-5-10/h11-13H,4-8H2,1-3H3. The van der Waals surface area contributed by atoms with Crippen molar-refractivity contribution in [2.24, 2.45) is 0 Å². The van der Waals surface area contributed by atoms with Crippen LogP contribution in [0.2, 0.25) is 0 Å². The molecule has 0 aromatic heterocycles. The van der Waals surface area contributed by atoms with E-state index in [9.17, 15) is 13.5 Å². The maximum atomic E-state index is 11.9. The van der Waals surface area contributed by atoms with Crippen LogP contribution in [0.25, 0.3) is 0 Å². The fraction of sp³-hybridized carbons (Fsp3) is 1.00. The summed E-state index contributed by atoms with van der Waals surface area (Å²) < 4.78 is 34.0. The van der Waals surface area contributed by atoms with Gasteiger partial charge in [0.1, 0.15) is 0 Å². The number of aliphatic hydroxyl groups excluding tert-OH is 1. The van der Waals surface area contributed by atoms with Crippen LogP contribution in [0.3, 0.4) is 0 Å². The van der Waals surface area contributed by atoms with Gasteiger partial charge in [-0.25, -0.2) is 0 Å². The number of ether oxygens (including phenoxy) is 1. The molecule has 0 radical (unpaired) electrons. The van der Waals surface area contributed by atoms with Crippen molar-refractivity contribution >= 4 is 10.2 Å². The number of hydrogen-bond donors (Lipinski definition) is 3. The van der Waals surface area contributed by atoms with E-state index in [0.717, 1.165) is 0 Å². The molecule has 0 unspecified atom stereocenters. The van der Waals surface area contributed by atoms with E-state index >= 15 is 0 Å². The molecule has 1 aliphatic heterocycles. The van der Waals surface area contributed by atoms with Gasteiger partial charge in [-0.15, -0.1) is 0 Å². The molecule has 0 spiro atoms. The quantitative estimate of drug-likeness (QED) is 0.655. The van der Waals surface area contributed by atoms with E-state index in [1.807, 2.05) is 0 Å². The molecule has 0 amide bonds. The van der Waals surface area contributed by atoms with E-state index in [1.165, 1.54) is 0 Å². The molecule has 0 aromatic rings. The second-order valence-corrected chi connectivity index (χ2v) is 6.92. The highest BCUT2D eigenvalue weighted by molar-refractivity contribution is 7.87. The second-order valence-electron chi connectivity index (χ2n) is 5.51. The molecular weight excluding hydrogens is 244 g/mol. The Bertz CT molecular complexity index is 342. The summed E-state index contributed by atoms with van der Waals surface area (Å²) in [5.41, 5.74) is -1.34. The Morgan fingerprint density at radius 2 is 1.82 bits per heavy atom. The highest BCUT2D eigenvalue weighted by atomic mass is 32.2. The molecule has 1 fully saturated rings. The van der Waals surface area contributed by atoms with Crippen molar-refractivity contribution in [2.45, 2.75) is 44.7 Å². The van der Waals surface area contributed by atoms with Gasteiger partial charge in [-0.2, -0.15) is 17.9 Å². The minimum absolute atomic E-state index is 0.221. The van der Waals surface area contributed by atoms with Gasteiger partial charge in [0, 0.05) is 18.8 Å². The first-order valence-electron chi connectivity index (χ1n) is 5.70. The first kappa shape index (κ1) is 14.8. The van der Waals surface area contributed by atoms with Crippen LogP contribution in [0, 0.1) is 0 Å². The molecule has 0 aliphatic carbocycles. The predicted molar refractivity (Wildman–Crippen MR) is 64.8 cm³/mol. The molecular formula is C10H22N2O4S. The van der Waals surface area contributed by atoms with Gasteiger partial charge >= 0.3 is 0 Å². The number of nitrogens with one attached hydrogen (secondary N) is 2. The van der Waals surface area contributed by atoms with Crippen LogP contribution >= 0.6 is 0 Å². The van der Waals surface area contributed by atoms with E-state index in [2.05, 4.69) is 9.44 Å². The fourth-order valence-corrected chi connectivity index (χ4v) is 3.46. The van der Waals surface area contributed by atoms with Crippen LogP contribution < -0.4 is 9.44 Å². The van der Waals surface area contributed by atoms with Crippen LogP contribution in [0.4, 0.5) is 0 Å². The molecule has 17 heavy (non-hydrogen) atoms. The Morgan fingerprint density at radius 3 is 2.24 bits per heavy atom. The van der Waals surface area contributed by atoms with Crippen molar-refractivity contribution in [1.29, 1.82) is 0 Å². The molecule has 0 aromatic carbocycles. The molecule has 0 bridgehead atoms. The zero-order chi connectivity index (χ0) is 13.2. The summed E-state index contributed by atoms with van der Waals surface area (Å²) in [5.74, 6) is 0. The lowest BCUT2D eigenvalue weighted by Crippen LogP contribution is -2.59. The maximum Gasteiger partial charge on any atom is 0.277 e. The van der Waals surface area contributed by atoms with E-state index < -0.39 is 21.3 Å². The Balaban J connectivity index is 2.73. The first-order chi connectivity index (χ1) is 7.68. The third kappa shape index (κ3) is 4.89. The predicted octanol–water partition coefficient (Wildman–Crippen LogP) is -0.250. The molecule has 0 saturated carbocycles. The zero-order valence-corrected chi connectivity index (χ0v) is 11.4. The van der Waals surface area contributed by atoms with Crippen molar-refractivity contribution in [3.05, 3.63) is 0 Å². The smallest absolute Gasteiger partial charge is 0.277 e. The van der Waals surface area contributed by atoms with Crippen molar-refractivity contribution in [1.82, 2.24) is 9.44 Å². The summed E-state index contributed by atoms with van der Waals surface area (Å²) in [5, 5.41) is 9.39. The minimum Gasteiger partial charge on any atom is -0.394 e. The summed E-state index contributed by atoms with van der Waals surface area (Å²) >= 11 is 0. The van der Waals surface area contributed by atoms with E-state index in [1.54, 1.807) is 20.8 Å². The third-order valence-corrected chi connectivity index (χ3v) is 4.13. The SMILES string of the molecule is CC(C)(C)NS(=O)(=O)NC1(CO)CCOCC1. The Morgan fingerprint density at radius 1 is 1.29 bits per heavy atom. The van der Waals surface area contributed by atoms with Crippen molar-refractivity contribution in [3.8, 4) is 0 Å². The van der Waals surface area contributed by atoms with Crippen LogP contribution in [-0.2, 0) is 14.9 Å². The van der Waals surface area contributed by atoms with Gasteiger partial charge < -0.3 is 9.84 Å². The normalized spacial score (nSPS) is 21.4. The van der Waals surface area contributed by atoms with E-state index in [4.69, 9.17) is 4.74 Å². The van der Waals surface area contributed by atoms with Crippen molar-refractivity contribution in [2.75, 3.05) is 19.8 Å². The summed E-state index contributed by atoms with van der Waals surface area (Å²) in [4.78, 5) is 0. The van der Waals surface area contributed by atoms with E-state index in [0.29, 0.717) is 26.1 Å². The molecule has 1 rings (SSSR count). The van der Waals surface area contributed by atoms with Crippen LogP contribution in [0.15, 0.2) is 0 Å². The summed E-state index contributed by atoms with van der Waals surface area (Å²) in [6, 6.07) is 0. The Labute approximate surface area is 103 Å². The zero-order valence-electron chi connectivity index (χ0n) is 10.6. The fourth-order valence-electron chi connectivity index (χ4n) is 1.77. The van der Waals surface area contributed by atoms with Crippen molar-refractivity contribution < 1.29 is 18.3 Å². The lowest BCUT2D eigenvalue weighted by molar-refractivity contribution is 0.0220. The third-order valence-electron chi connectivity index (χ3n) is 2.54. The molecule has 1 heterocycles. The topological polar surface area (TPSA) is 87.7 Å². The average Bonchev–Trinajstić information content (AvgIpc) is 2.14.